The number of aliphatic imine (C=N–C) groups is 1. The number of halogens is 3. The summed E-state index contributed by atoms with van der Waals surface area (Å²) < 4.78 is 15.0. The van der Waals surface area contributed by atoms with Crippen molar-refractivity contribution >= 4 is 46.7 Å². The van der Waals surface area contributed by atoms with E-state index in [9.17, 15) is 14.4 Å². The standard InChI is InChI=1S/C34H42Cl2FN3O4/c1-32(2,3)14-12-27(21-6-8-22(9-7-21)30(43)38-17-13-28(41)42)40-31(44)29(23-18-25(35)20-26(36)19-23)39-34(40)15-10-24(11-16-34)33(4,5)37/h6-9,18-20,24,27H,10-17H2,1-5H3,(H,38,43)(H,41,42)/t24?,27-,34?/m1/s1. The van der Waals surface area contributed by atoms with Crippen molar-refractivity contribution in [3.63, 3.8) is 0 Å². The summed E-state index contributed by atoms with van der Waals surface area (Å²) in [5.74, 6) is -1.72. The Morgan fingerprint density at radius 1 is 1.07 bits per heavy atom. The Kier molecular flexibility index (Phi) is 10.2. The predicted molar refractivity (Wildman–Crippen MR) is 172 cm³/mol. The molecule has 7 nitrogen and oxygen atoms in total. The Labute approximate surface area is 269 Å². The van der Waals surface area contributed by atoms with Gasteiger partial charge in [0.25, 0.3) is 11.8 Å². The second kappa shape index (κ2) is 13.2. The van der Waals surface area contributed by atoms with Crippen molar-refractivity contribution in [2.45, 2.75) is 96.9 Å². The topological polar surface area (TPSA) is 99.1 Å². The first-order chi connectivity index (χ1) is 20.5. The first-order valence-electron chi connectivity index (χ1n) is 15.2. The summed E-state index contributed by atoms with van der Waals surface area (Å²) in [6.07, 6.45) is 3.50. The molecule has 1 spiro atoms. The Morgan fingerprint density at radius 2 is 1.66 bits per heavy atom. The van der Waals surface area contributed by atoms with Crippen LogP contribution in [0.4, 0.5) is 4.39 Å². The molecular formula is C34H42Cl2FN3O4. The fourth-order valence-electron chi connectivity index (χ4n) is 6.30. The summed E-state index contributed by atoms with van der Waals surface area (Å²) in [6.45, 7) is 9.71. The molecule has 1 atom stereocenters. The van der Waals surface area contributed by atoms with Crippen LogP contribution >= 0.6 is 23.2 Å². The number of nitrogens with one attached hydrogen (secondary N) is 1. The van der Waals surface area contributed by atoms with Gasteiger partial charge >= 0.3 is 5.97 Å². The summed E-state index contributed by atoms with van der Waals surface area (Å²) in [5, 5.41) is 12.3. The number of benzene rings is 2. The van der Waals surface area contributed by atoms with Crippen LogP contribution < -0.4 is 5.32 Å². The van der Waals surface area contributed by atoms with Crippen molar-refractivity contribution in [1.29, 1.82) is 0 Å². The molecule has 10 heteroatoms. The molecule has 1 saturated carbocycles. The van der Waals surface area contributed by atoms with E-state index in [1.807, 2.05) is 17.0 Å². The van der Waals surface area contributed by atoms with Gasteiger partial charge in [0.1, 0.15) is 17.0 Å². The van der Waals surface area contributed by atoms with Crippen molar-refractivity contribution in [2.75, 3.05) is 6.54 Å². The first kappa shape index (κ1) is 33.9. The normalized spacial score (nSPS) is 21.4. The maximum atomic E-state index is 15.0. The molecule has 0 bridgehead atoms. The smallest absolute Gasteiger partial charge is 0.305 e. The predicted octanol–water partition coefficient (Wildman–Crippen LogP) is 8.03. The number of amides is 2. The van der Waals surface area contributed by atoms with Crippen LogP contribution in [0.25, 0.3) is 0 Å². The van der Waals surface area contributed by atoms with Crippen LogP contribution in [-0.4, -0.2) is 51.4 Å². The number of carboxylic acids is 1. The molecular weight excluding hydrogens is 604 g/mol. The molecule has 2 aromatic carbocycles. The lowest BCUT2D eigenvalue weighted by Gasteiger charge is -2.47. The second-order valence-electron chi connectivity index (χ2n) is 13.8. The van der Waals surface area contributed by atoms with Crippen LogP contribution in [-0.2, 0) is 9.59 Å². The third kappa shape index (κ3) is 7.99. The number of aliphatic carboxylic acids is 1. The highest BCUT2D eigenvalue weighted by molar-refractivity contribution is 6.47. The zero-order valence-corrected chi connectivity index (χ0v) is 27.6. The number of carboxylic acid groups (broad SMARTS) is 1. The van der Waals surface area contributed by atoms with Crippen molar-refractivity contribution in [1.82, 2.24) is 10.2 Å². The van der Waals surface area contributed by atoms with E-state index in [1.165, 1.54) is 0 Å². The maximum absolute atomic E-state index is 15.0. The first-order valence-corrected chi connectivity index (χ1v) is 15.9. The van der Waals surface area contributed by atoms with Gasteiger partial charge in [0.05, 0.1) is 12.5 Å². The van der Waals surface area contributed by atoms with Crippen LogP contribution in [0.1, 0.15) is 107 Å². The summed E-state index contributed by atoms with van der Waals surface area (Å²) in [7, 11) is 0. The van der Waals surface area contributed by atoms with E-state index in [0.717, 1.165) is 12.0 Å². The van der Waals surface area contributed by atoms with Crippen molar-refractivity contribution < 1.29 is 23.9 Å². The average molecular weight is 647 g/mol. The molecule has 1 heterocycles. The molecule has 0 aromatic heterocycles. The molecule has 1 fully saturated rings. The monoisotopic (exact) mass is 645 g/mol. The lowest BCUT2D eigenvalue weighted by molar-refractivity contribution is -0.137. The third-order valence-electron chi connectivity index (χ3n) is 8.74. The van der Waals surface area contributed by atoms with Gasteiger partial charge in [-0.15, -0.1) is 0 Å². The molecule has 44 heavy (non-hydrogen) atoms. The van der Waals surface area contributed by atoms with E-state index in [4.69, 9.17) is 33.3 Å². The number of hydrogen-bond acceptors (Lipinski definition) is 4. The zero-order chi connectivity index (χ0) is 32.4. The van der Waals surface area contributed by atoms with Crippen LogP contribution in [0.3, 0.4) is 0 Å². The fraction of sp³-hybridized carbons (Fsp3) is 0.529. The largest absolute Gasteiger partial charge is 0.481 e. The van der Waals surface area contributed by atoms with Gasteiger partial charge in [-0.2, -0.15) is 0 Å². The van der Waals surface area contributed by atoms with Gasteiger partial charge in [-0.25, -0.2) is 4.39 Å². The minimum Gasteiger partial charge on any atom is -0.481 e. The highest BCUT2D eigenvalue weighted by Gasteiger charge is 2.53. The van der Waals surface area contributed by atoms with Gasteiger partial charge in [0.15, 0.2) is 0 Å². The molecule has 1 aliphatic carbocycles. The molecule has 2 aliphatic rings. The van der Waals surface area contributed by atoms with Crippen molar-refractivity contribution in [2.24, 2.45) is 16.3 Å². The van der Waals surface area contributed by atoms with Crippen molar-refractivity contribution in [3.8, 4) is 0 Å². The fourth-order valence-corrected chi connectivity index (χ4v) is 6.82. The molecule has 2 N–H and O–H groups in total. The minimum atomic E-state index is -1.34. The van der Waals surface area contributed by atoms with Gasteiger partial charge < -0.3 is 15.3 Å². The van der Waals surface area contributed by atoms with Crippen LogP contribution in [0.2, 0.25) is 10.0 Å². The highest BCUT2D eigenvalue weighted by Crippen LogP contribution is 2.49. The number of nitrogens with zero attached hydrogens (tertiary/aromatic N) is 2. The number of carbonyl (C=O) groups is 3. The van der Waals surface area contributed by atoms with Gasteiger partial charge in [0, 0.05) is 27.7 Å². The minimum absolute atomic E-state index is 0.0156. The molecule has 1 aliphatic heterocycles. The van der Waals surface area contributed by atoms with Crippen molar-refractivity contribution in [3.05, 3.63) is 69.2 Å². The Bertz CT molecular complexity index is 1400. The summed E-state index contributed by atoms with van der Waals surface area (Å²) >= 11 is 12.7. The van der Waals surface area contributed by atoms with Crippen LogP contribution in [0, 0.1) is 11.3 Å². The Balaban J connectivity index is 1.74. The molecule has 4 rings (SSSR count). The average Bonchev–Trinajstić information content (AvgIpc) is 3.19. The highest BCUT2D eigenvalue weighted by atomic mass is 35.5. The molecule has 0 radical (unpaired) electrons. The van der Waals surface area contributed by atoms with Gasteiger partial charge in [-0.05, 0) is 99.6 Å². The lowest BCUT2D eigenvalue weighted by atomic mass is 9.74. The quantitative estimate of drug-likeness (QED) is 0.273. The van der Waals surface area contributed by atoms with E-state index >= 15 is 4.39 Å². The third-order valence-corrected chi connectivity index (χ3v) is 9.18. The maximum Gasteiger partial charge on any atom is 0.305 e. The number of carbonyl (C=O) groups excluding carboxylic acids is 2. The molecule has 238 valence electrons. The van der Waals surface area contributed by atoms with Gasteiger partial charge in [-0.1, -0.05) is 56.1 Å². The van der Waals surface area contributed by atoms with Crippen LogP contribution in [0.5, 0.6) is 0 Å². The summed E-state index contributed by atoms with van der Waals surface area (Å²) in [5.41, 5.74) is -0.122. The van der Waals surface area contributed by atoms with E-state index in [0.29, 0.717) is 59.0 Å². The molecule has 0 saturated heterocycles. The molecule has 0 unspecified atom stereocenters. The van der Waals surface area contributed by atoms with E-state index in [1.54, 1.807) is 44.2 Å². The Hall–Kier alpha value is -2.97. The number of alkyl halides is 1. The van der Waals surface area contributed by atoms with Crippen LogP contribution in [0.15, 0.2) is 47.5 Å². The second-order valence-corrected chi connectivity index (χ2v) is 14.6. The lowest BCUT2D eigenvalue weighted by Crippen LogP contribution is -2.52. The number of rotatable bonds is 10. The zero-order valence-electron chi connectivity index (χ0n) is 26.1. The number of hydrogen-bond donors (Lipinski definition) is 2. The molecule has 2 aromatic rings. The van der Waals surface area contributed by atoms with E-state index < -0.39 is 17.3 Å². The van der Waals surface area contributed by atoms with E-state index in [2.05, 4.69) is 26.1 Å². The Morgan fingerprint density at radius 3 is 2.18 bits per heavy atom. The summed E-state index contributed by atoms with van der Waals surface area (Å²) in [6, 6.07) is 11.7. The van der Waals surface area contributed by atoms with E-state index in [-0.39, 0.29) is 42.2 Å². The SMILES string of the molecule is CC(C)(C)CC[C@H](c1ccc(C(=O)NCCC(=O)O)cc1)N1C(=O)C(c2cc(Cl)cc(Cl)c2)=NC12CCC(C(C)(C)F)CC2. The van der Waals surface area contributed by atoms with Gasteiger partial charge in [0.2, 0.25) is 0 Å². The molecule has 2 amide bonds. The summed E-state index contributed by atoms with van der Waals surface area (Å²) in [4.78, 5) is 45.0. The van der Waals surface area contributed by atoms with Gasteiger partial charge in [-0.3, -0.25) is 19.4 Å².